The molecule has 0 amide bonds. The molecular weight excluding hydrogens is 289 g/mol. The van der Waals surface area contributed by atoms with E-state index >= 15 is 0 Å². The number of para-hydroxylation sites is 1. The van der Waals surface area contributed by atoms with Gasteiger partial charge in [0.2, 0.25) is 0 Å². The molecular formula is C17H19ClFNO. The van der Waals surface area contributed by atoms with Crippen LogP contribution in [0.3, 0.4) is 0 Å². The van der Waals surface area contributed by atoms with Gasteiger partial charge in [-0.15, -0.1) is 0 Å². The van der Waals surface area contributed by atoms with Crippen LogP contribution in [0.15, 0.2) is 42.5 Å². The van der Waals surface area contributed by atoms with E-state index in [0.717, 1.165) is 36.4 Å². The second-order valence-corrected chi connectivity index (χ2v) is 5.23. The van der Waals surface area contributed by atoms with Crippen molar-refractivity contribution in [3.05, 3.63) is 64.4 Å². The van der Waals surface area contributed by atoms with Crippen molar-refractivity contribution in [1.29, 1.82) is 0 Å². The largest absolute Gasteiger partial charge is 0.489 e. The van der Waals surface area contributed by atoms with Gasteiger partial charge in [-0.3, -0.25) is 0 Å². The van der Waals surface area contributed by atoms with Gasteiger partial charge in [-0.25, -0.2) is 4.39 Å². The van der Waals surface area contributed by atoms with E-state index in [0.29, 0.717) is 6.61 Å². The molecule has 0 aromatic heterocycles. The number of hydrogen-bond donors (Lipinski definition) is 1. The Morgan fingerprint density at radius 3 is 2.76 bits per heavy atom. The lowest BCUT2D eigenvalue weighted by atomic mass is 10.2. The fourth-order valence-electron chi connectivity index (χ4n) is 1.98. The van der Waals surface area contributed by atoms with Gasteiger partial charge in [-0.2, -0.15) is 0 Å². The summed E-state index contributed by atoms with van der Waals surface area (Å²) in [7, 11) is 0. The van der Waals surface area contributed by atoms with Gasteiger partial charge in [-0.05, 0) is 36.7 Å². The maximum Gasteiger partial charge on any atom is 0.141 e. The predicted molar refractivity (Wildman–Crippen MR) is 84.2 cm³/mol. The third-order valence-electron chi connectivity index (χ3n) is 3.09. The van der Waals surface area contributed by atoms with Crippen LogP contribution in [0.5, 0.6) is 5.75 Å². The van der Waals surface area contributed by atoms with Crippen molar-refractivity contribution in [3.8, 4) is 5.75 Å². The summed E-state index contributed by atoms with van der Waals surface area (Å²) in [4.78, 5) is 0. The molecule has 0 aliphatic rings. The molecule has 0 aliphatic carbocycles. The van der Waals surface area contributed by atoms with Gasteiger partial charge in [-0.1, -0.05) is 42.8 Å². The minimum atomic E-state index is -0.412. The normalized spacial score (nSPS) is 10.6. The van der Waals surface area contributed by atoms with Crippen molar-refractivity contribution < 1.29 is 9.13 Å². The molecule has 0 saturated carbocycles. The molecule has 2 rings (SSSR count). The molecule has 0 spiro atoms. The fraction of sp³-hybridized carbons (Fsp3) is 0.294. The van der Waals surface area contributed by atoms with E-state index in [1.165, 1.54) is 6.07 Å². The molecule has 1 N–H and O–H groups in total. The number of ether oxygens (including phenoxy) is 1. The molecule has 0 radical (unpaired) electrons. The van der Waals surface area contributed by atoms with E-state index in [4.69, 9.17) is 16.3 Å². The molecule has 0 fully saturated rings. The molecule has 0 aliphatic heterocycles. The lowest BCUT2D eigenvalue weighted by molar-refractivity contribution is 0.302. The summed E-state index contributed by atoms with van der Waals surface area (Å²) in [5.41, 5.74) is 1.96. The van der Waals surface area contributed by atoms with Crippen LogP contribution in [0.2, 0.25) is 5.02 Å². The number of benzene rings is 2. The molecule has 4 heteroatoms. The summed E-state index contributed by atoms with van der Waals surface area (Å²) in [6.45, 7) is 4.24. The Morgan fingerprint density at radius 2 is 2.00 bits per heavy atom. The molecule has 0 bridgehead atoms. The van der Waals surface area contributed by atoms with E-state index in [1.807, 2.05) is 24.3 Å². The zero-order valence-electron chi connectivity index (χ0n) is 12.0. The highest BCUT2D eigenvalue weighted by Gasteiger charge is 2.05. The first-order chi connectivity index (χ1) is 10.2. The van der Waals surface area contributed by atoms with Crippen molar-refractivity contribution >= 4 is 11.6 Å². The maximum absolute atomic E-state index is 13.1. The summed E-state index contributed by atoms with van der Waals surface area (Å²) in [5.74, 6) is 0.422. The van der Waals surface area contributed by atoms with Gasteiger partial charge >= 0.3 is 0 Å². The number of nitrogens with one attached hydrogen (secondary N) is 1. The van der Waals surface area contributed by atoms with Gasteiger partial charge in [0.15, 0.2) is 0 Å². The Kier molecular flexibility index (Phi) is 6.03. The van der Waals surface area contributed by atoms with Gasteiger partial charge in [0, 0.05) is 12.1 Å². The van der Waals surface area contributed by atoms with Crippen molar-refractivity contribution in [1.82, 2.24) is 5.32 Å². The van der Waals surface area contributed by atoms with Crippen LogP contribution in [0.1, 0.15) is 24.5 Å². The summed E-state index contributed by atoms with van der Waals surface area (Å²) in [5, 5.41) is 3.48. The number of hydrogen-bond acceptors (Lipinski definition) is 2. The van der Waals surface area contributed by atoms with Gasteiger partial charge < -0.3 is 10.1 Å². The van der Waals surface area contributed by atoms with E-state index in [1.54, 1.807) is 12.1 Å². The first kappa shape index (κ1) is 15.8. The maximum atomic E-state index is 13.1. The van der Waals surface area contributed by atoms with Crippen LogP contribution < -0.4 is 10.1 Å². The van der Waals surface area contributed by atoms with E-state index in [-0.39, 0.29) is 5.02 Å². The predicted octanol–water partition coefficient (Wildman–Crippen LogP) is 4.56. The topological polar surface area (TPSA) is 21.3 Å². The Balaban J connectivity index is 2.00. The summed E-state index contributed by atoms with van der Waals surface area (Å²) in [6, 6.07) is 12.5. The average molecular weight is 308 g/mol. The highest BCUT2D eigenvalue weighted by atomic mass is 35.5. The van der Waals surface area contributed by atoms with Gasteiger partial charge in [0.05, 0.1) is 5.02 Å². The first-order valence-corrected chi connectivity index (χ1v) is 7.44. The van der Waals surface area contributed by atoms with Crippen molar-refractivity contribution in [2.75, 3.05) is 6.54 Å². The summed E-state index contributed by atoms with van der Waals surface area (Å²) >= 11 is 5.77. The highest BCUT2D eigenvalue weighted by molar-refractivity contribution is 6.30. The summed E-state index contributed by atoms with van der Waals surface area (Å²) < 4.78 is 18.9. The smallest absolute Gasteiger partial charge is 0.141 e. The first-order valence-electron chi connectivity index (χ1n) is 7.06. The monoisotopic (exact) mass is 307 g/mol. The van der Waals surface area contributed by atoms with Gasteiger partial charge in [0.25, 0.3) is 0 Å². The molecule has 2 nitrogen and oxygen atoms in total. The van der Waals surface area contributed by atoms with E-state index < -0.39 is 5.82 Å². The van der Waals surface area contributed by atoms with Gasteiger partial charge in [0.1, 0.15) is 18.2 Å². The molecule has 0 heterocycles. The zero-order chi connectivity index (χ0) is 15.1. The lowest BCUT2D eigenvalue weighted by Gasteiger charge is -2.12. The highest BCUT2D eigenvalue weighted by Crippen LogP contribution is 2.21. The molecule has 0 atom stereocenters. The van der Waals surface area contributed by atoms with E-state index in [2.05, 4.69) is 12.2 Å². The number of rotatable bonds is 7. The van der Waals surface area contributed by atoms with Crippen LogP contribution in [-0.2, 0) is 13.2 Å². The van der Waals surface area contributed by atoms with Crippen LogP contribution in [0, 0.1) is 5.82 Å². The third-order valence-corrected chi connectivity index (χ3v) is 3.38. The Hall–Kier alpha value is -1.58. The molecule has 112 valence electrons. The quantitative estimate of drug-likeness (QED) is 0.757. The van der Waals surface area contributed by atoms with Crippen LogP contribution in [0.25, 0.3) is 0 Å². The third kappa shape index (κ3) is 4.73. The standard InChI is InChI=1S/C17H19ClFNO/c1-2-9-20-11-14-5-3-4-6-17(14)21-12-13-7-8-16(19)15(18)10-13/h3-8,10,20H,2,9,11-12H2,1H3. The zero-order valence-corrected chi connectivity index (χ0v) is 12.8. The van der Waals surface area contributed by atoms with Crippen molar-refractivity contribution in [3.63, 3.8) is 0 Å². The molecule has 2 aromatic rings. The van der Waals surface area contributed by atoms with E-state index in [9.17, 15) is 4.39 Å². The Labute approximate surface area is 129 Å². The SMILES string of the molecule is CCCNCc1ccccc1OCc1ccc(F)c(Cl)c1. The van der Waals surface area contributed by atoms with Crippen molar-refractivity contribution in [2.45, 2.75) is 26.5 Å². The Morgan fingerprint density at radius 1 is 1.19 bits per heavy atom. The van der Waals surface area contributed by atoms with Crippen LogP contribution >= 0.6 is 11.6 Å². The fourth-order valence-corrected chi connectivity index (χ4v) is 2.18. The number of halogens is 2. The second-order valence-electron chi connectivity index (χ2n) is 4.82. The minimum Gasteiger partial charge on any atom is -0.489 e. The molecule has 0 saturated heterocycles. The Bertz CT molecular complexity index is 589. The second kappa shape index (κ2) is 8.01. The summed E-state index contributed by atoms with van der Waals surface area (Å²) in [6.07, 6.45) is 1.09. The average Bonchev–Trinajstić information content (AvgIpc) is 2.50. The molecule has 0 unspecified atom stereocenters. The van der Waals surface area contributed by atoms with Crippen LogP contribution in [-0.4, -0.2) is 6.54 Å². The minimum absolute atomic E-state index is 0.119. The molecule has 21 heavy (non-hydrogen) atoms. The molecule has 2 aromatic carbocycles. The lowest BCUT2D eigenvalue weighted by Crippen LogP contribution is -2.14. The van der Waals surface area contributed by atoms with Crippen molar-refractivity contribution in [2.24, 2.45) is 0 Å². The van der Waals surface area contributed by atoms with Crippen LogP contribution in [0.4, 0.5) is 4.39 Å².